The van der Waals surface area contributed by atoms with Crippen molar-refractivity contribution in [1.29, 1.82) is 0 Å². The molecule has 1 rings (SSSR count). The zero-order valence-electron chi connectivity index (χ0n) is 12.4. The van der Waals surface area contributed by atoms with Gasteiger partial charge in [0, 0.05) is 13.2 Å². The average molecular weight is 241 g/mol. The first kappa shape index (κ1) is 15.0. The van der Waals surface area contributed by atoms with Crippen LogP contribution in [0.3, 0.4) is 0 Å². The van der Waals surface area contributed by atoms with E-state index in [0.29, 0.717) is 6.04 Å². The summed E-state index contributed by atoms with van der Waals surface area (Å²) in [6.45, 7) is 10.2. The van der Waals surface area contributed by atoms with Gasteiger partial charge >= 0.3 is 0 Å². The fraction of sp³-hybridized carbons (Fsp3) is 1.00. The van der Waals surface area contributed by atoms with E-state index in [2.05, 4.69) is 33.0 Å². The van der Waals surface area contributed by atoms with Crippen molar-refractivity contribution in [1.82, 2.24) is 5.32 Å². The summed E-state index contributed by atoms with van der Waals surface area (Å²) >= 11 is 0. The van der Waals surface area contributed by atoms with Crippen molar-refractivity contribution in [2.45, 2.75) is 71.4 Å². The summed E-state index contributed by atoms with van der Waals surface area (Å²) < 4.78 is 5.48. The van der Waals surface area contributed by atoms with Gasteiger partial charge in [-0.3, -0.25) is 0 Å². The van der Waals surface area contributed by atoms with Crippen LogP contribution in [0, 0.1) is 11.8 Å². The molecule has 3 atom stereocenters. The monoisotopic (exact) mass is 241 g/mol. The Morgan fingerprint density at radius 1 is 1.29 bits per heavy atom. The molecule has 0 aromatic rings. The molecule has 2 heteroatoms. The molecule has 0 heterocycles. The summed E-state index contributed by atoms with van der Waals surface area (Å²) in [5.74, 6) is 1.79. The first-order chi connectivity index (χ1) is 7.94. The molecule has 0 aromatic carbocycles. The van der Waals surface area contributed by atoms with Gasteiger partial charge in [0.15, 0.2) is 0 Å². The van der Waals surface area contributed by atoms with Gasteiger partial charge in [0.25, 0.3) is 0 Å². The maximum Gasteiger partial charge on any atom is 0.0637 e. The van der Waals surface area contributed by atoms with Crippen molar-refractivity contribution in [3.05, 3.63) is 0 Å². The van der Waals surface area contributed by atoms with Gasteiger partial charge in [-0.2, -0.15) is 0 Å². The van der Waals surface area contributed by atoms with E-state index in [0.717, 1.165) is 18.3 Å². The van der Waals surface area contributed by atoms with Crippen molar-refractivity contribution >= 4 is 0 Å². The number of methoxy groups -OCH3 is 1. The van der Waals surface area contributed by atoms with E-state index in [-0.39, 0.29) is 5.60 Å². The van der Waals surface area contributed by atoms with Crippen molar-refractivity contribution in [3.63, 3.8) is 0 Å². The average Bonchev–Trinajstić information content (AvgIpc) is 2.27. The predicted molar refractivity (Wildman–Crippen MR) is 74.3 cm³/mol. The highest BCUT2D eigenvalue weighted by Crippen LogP contribution is 2.29. The summed E-state index contributed by atoms with van der Waals surface area (Å²) in [7, 11) is 1.80. The largest absolute Gasteiger partial charge is 0.379 e. The molecular formula is C15H31NO. The number of nitrogens with one attached hydrogen (secondary N) is 1. The zero-order chi connectivity index (χ0) is 12.9. The second-order valence-corrected chi connectivity index (χ2v) is 6.50. The van der Waals surface area contributed by atoms with Crippen molar-refractivity contribution in [2.24, 2.45) is 11.8 Å². The van der Waals surface area contributed by atoms with E-state index < -0.39 is 0 Å². The fourth-order valence-corrected chi connectivity index (χ4v) is 2.94. The van der Waals surface area contributed by atoms with Crippen LogP contribution >= 0.6 is 0 Å². The summed E-state index contributed by atoms with van der Waals surface area (Å²) in [5.41, 5.74) is -0.00933. The Morgan fingerprint density at radius 3 is 2.53 bits per heavy atom. The quantitative estimate of drug-likeness (QED) is 0.767. The molecule has 0 radical (unpaired) electrons. The normalized spacial score (nSPS) is 28.1. The lowest BCUT2D eigenvalue weighted by Gasteiger charge is -2.32. The van der Waals surface area contributed by atoms with Crippen LogP contribution in [-0.2, 0) is 4.74 Å². The van der Waals surface area contributed by atoms with Gasteiger partial charge in [-0.05, 0) is 52.0 Å². The SMILES string of the molecule is COC(C)(C)CC(C)NCC1CCCCC1C. The molecule has 1 aliphatic carbocycles. The minimum absolute atomic E-state index is 0.00933. The van der Waals surface area contributed by atoms with Crippen LogP contribution in [0.2, 0.25) is 0 Å². The lowest BCUT2D eigenvalue weighted by atomic mass is 9.80. The van der Waals surface area contributed by atoms with Crippen LogP contribution < -0.4 is 5.32 Å². The Balaban J connectivity index is 2.25. The van der Waals surface area contributed by atoms with Gasteiger partial charge in [-0.1, -0.05) is 26.2 Å². The molecule has 2 nitrogen and oxygen atoms in total. The number of hydrogen-bond donors (Lipinski definition) is 1. The highest BCUT2D eigenvalue weighted by atomic mass is 16.5. The third-order valence-electron chi connectivity index (χ3n) is 4.37. The number of ether oxygens (including phenoxy) is 1. The minimum atomic E-state index is -0.00933. The molecule has 1 fully saturated rings. The van der Waals surface area contributed by atoms with Crippen LogP contribution in [0.1, 0.15) is 59.8 Å². The van der Waals surface area contributed by atoms with E-state index in [9.17, 15) is 0 Å². The Morgan fingerprint density at radius 2 is 1.94 bits per heavy atom. The van der Waals surface area contributed by atoms with Gasteiger partial charge in [-0.25, -0.2) is 0 Å². The molecule has 1 N–H and O–H groups in total. The fourth-order valence-electron chi connectivity index (χ4n) is 2.94. The van der Waals surface area contributed by atoms with E-state index in [1.165, 1.54) is 32.2 Å². The maximum absolute atomic E-state index is 5.48. The summed E-state index contributed by atoms with van der Waals surface area (Å²) in [5, 5.41) is 3.69. The Hall–Kier alpha value is -0.0800. The highest BCUT2D eigenvalue weighted by Gasteiger charge is 2.23. The summed E-state index contributed by atoms with van der Waals surface area (Å²) in [6, 6.07) is 0.541. The van der Waals surface area contributed by atoms with Crippen molar-refractivity contribution in [2.75, 3.05) is 13.7 Å². The Kier molecular flexibility index (Phi) is 5.94. The molecule has 0 aromatic heterocycles. The first-order valence-electron chi connectivity index (χ1n) is 7.23. The van der Waals surface area contributed by atoms with Crippen molar-refractivity contribution < 1.29 is 4.74 Å². The van der Waals surface area contributed by atoms with Gasteiger partial charge in [-0.15, -0.1) is 0 Å². The molecule has 0 spiro atoms. The third kappa shape index (κ3) is 5.39. The minimum Gasteiger partial charge on any atom is -0.379 e. The topological polar surface area (TPSA) is 21.3 Å². The van der Waals surface area contributed by atoms with Gasteiger partial charge in [0.2, 0.25) is 0 Å². The molecule has 0 bridgehead atoms. The van der Waals surface area contributed by atoms with E-state index in [4.69, 9.17) is 4.74 Å². The second kappa shape index (κ2) is 6.75. The summed E-state index contributed by atoms with van der Waals surface area (Å²) in [4.78, 5) is 0. The molecule has 1 aliphatic rings. The van der Waals surface area contributed by atoms with E-state index in [1.54, 1.807) is 7.11 Å². The van der Waals surface area contributed by atoms with Gasteiger partial charge in [0.05, 0.1) is 5.60 Å². The molecule has 0 amide bonds. The standard InChI is InChI=1S/C15H31NO/c1-12-8-6-7-9-14(12)11-16-13(2)10-15(3,4)17-5/h12-14,16H,6-11H2,1-5H3. The predicted octanol–water partition coefficient (Wildman–Crippen LogP) is 3.61. The maximum atomic E-state index is 5.48. The smallest absolute Gasteiger partial charge is 0.0637 e. The van der Waals surface area contributed by atoms with E-state index >= 15 is 0 Å². The molecule has 0 aliphatic heterocycles. The Labute approximate surface area is 108 Å². The van der Waals surface area contributed by atoms with Crippen LogP contribution in [-0.4, -0.2) is 25.3 Å². The van der Waals surface area contributed by atoms with Crippen LogP contribution in [0.4, 0.5) is 0 Å². The summed E-state index contributed by atoms with van der Waals surface area (Å²) in [6.07, 6.45) is 6.77. The van der Waals surface area contributed by atoms with Crippen LogP contribution in [0.5, 0.6) is 0 Å². The first-order valence-corrected chi connectivity index (χ1v) is 7.23. The second-order valence-electron chi connectivity index (χ2n) is 6.50. The lowest BCUT2D eigenvalue weighted by molar-refractivity contribution is 0.00798. The Bertz CT molecular complexity index is 215. The molecule has 3 unspecified atom stereocenters. The highest BCUT2D eigenvalue weighted by molar-refractivity contribution is 4.79. The molecule has 17 heavy (non-hydrogen) atoms. The van der Waals surface area contributed by atoms with Gasteiger partial charge < -0.3 is 10.1 Å². The van der Waals surface area contributed by atoms with Crippen LogP contribution in [0.25, 0.3) is 0 Å². The molecule has 1 saturated carbocycles. The van der Waals surface area contributed by atoms with Crippen LogP contribution in [0.15, 0.2) is 0 Å². The molecular weight excluding hydrogens is 210 g/mol. The number of hydrogen-bond acceptors (Lipinski definition) is 2. The number of rotatable bonds is 6. The molecule has 102 valence electrons. The van der Waals surface area contributed by atoms with E-state index in [1.807, 2.05) is 0 Å². The zero-order valence-corrected chi connectivity index (χ0v) is 12.4. The lowest BCUT2D eigenvalue weighted by Crippen LogP contribution is -2.39. The third-order valence-corrected chi connectivity index (χ3v) is 4.37. The molecule has 0 saturated heterocycles. The van der Waals surface area contributed by atoms with Crippen molar-refractivity contribution in [3.8, 4) is 0 Å². The van der Waals surface area contributed by atoms with Gasteiger partial charge in [0.1, 0.15) is 0 Å².